The van der Waals surface area contributed by atoms with Crippen LogP contribution in [0.15, 0.2) is 0 Å². The van der Waals surface area contributed by atoms with E-state index >= 15 is 0 Å². The number of ether oxygens (including phenoxy) is 1. The summed E-state index contributed by atoms with van der Waals surface area (Å²) in [7, 11) is 0. The van der Waals surface area contributed by atoms with E-state index in [0.717, 1.165) is 18.3 Å². The number of aromatic nitrogens is 3. The van der Waals surface area contributed by atoms with Crippen molar-refractivity contribution in [2.24, 2.45) is 11.8 Å². The normalized spacial score (nSPS) is 18.7. The van der Waals surface area contributed by atoms with Crippen molar-refractivity contribution in [3.8, 4) is 6.01 Å². The van der Waals surface area contributed by atoms with E-state index in [9.17, 15) is 0 Å². The van der Waals surface area contributed by atoms with E-state index < -0.39 is 0 Å². The van der Waals surface area contributed by atoms with Crippen LogP contribution in [0.25, 0.3) is 0 Å². The van der Waals surface area contributed by atoms with Crippen molar-refractivity contribution in [1.82, 2.24) is 15.0 Å². The monoisotopic (exact) mass is 282 g/mol. The zero-order valence-corrected chi connectivity index (χ0v) is 11.9. The molecule has 1 heterocycles. The Balaban J connectivity index is 1.69. The molecule has 2 saturated carbocycles. The lowest BCUT2D eigenvalue weighted by Gasteiger charge is -2.17. The number of halogens is 1. The molecule has 0 aliphatic heterocycles. The average Bonchev–Trinajstić information content (AvgIpc) is 3.27. The Labute approximate surface area is 118 Å². The molecular weight excluding hydrogens is 264 g/mol. The summed E-state index contributed by atoms with van der Waals surface area (Å²) in [6, 6.07) is 0.812. The quantitative estimate of drug-likeness (QED) is 0.833. The predicted octanol–water partition coefficient (Wildman–Crippen LogP) is 2.91. The molecule has 0 amide bonds. The predicted molar refractivity (Wildman–Crippen MR) is 73.5 cm³/mol. The minimum Gasteiger partial charge on any atom is -0.463 e. The van der Waals surface area contributed by atoms with Gasteiger partial charge in [0.15, 0.2) is 0 Å². The lowest BCUT2D eigenvalue weighted by atomic mass is 10.1. The van der Waals surface area contributed by atoms with Gasteiger partial charge in [-0.3, -0.25) is 0 Å². The maximum atomic E-state index is 5.92. The van der Waals surface area contributed by atoms with Gasteiger partial charge < -0.3 is 10.1 Å². The maximum Gasteiger partial charge on any atom is 0.322 e. The van der Waals surface area contributed by atoms with Crippen LogP contribution in [-0.2, 0) is 0 Å². The lowest BCUT2D eigenvalue weighted by molar-refractivity contribution is 0.291. The fraction of sp³-hybridized carbons (Fsp3) is 0.769. The zero-order chi connectivity index (χ0) is 13.2. The molecule has 3 rings (SSSR count). The first-order valence-electron chi connectivity index (χ1n) is 7.07. The van der Waals surface area contributed by atoms with E-state index in [0.29, 0.717) is 24.6 Å². The van der Waals surface area contributed by atoms with Gasteiger partial charge in [0.05, 0.1) is 6.61 Å². The Hall–Kier alpha value is -1.10. The number of anilines is 1. The summed E-state index contributed by atoms with van der Waals surface area (Å²) in [5.41, 5.74) is 0. The smallest absolute Gasteiger partial charge is 0.322 e. The van der Waals surface area contributed by atoms with Gasteiger partial charge >= 0.3 is 6.01 Å². The Morgan fingerprint density at radius 2 is 1.89 bits per heavy atom. The van der Waals surface area contributed by atoms with Crippen molar-refractivity contribution in [1.29, 1.82) is 0 Å². The Morgan fingerprint density at radius 1 is 1.21 bits per heavy atom. The van der Waals surface area contributed by atoms with Gasteiger partial charge in [0.1, 0.15) is 0 Å². The first-order valence-corrected chi connectivity index (χ1v) is 7.45. The molecule has 0 unspecified atom stereocenters. The lowest BCUT2D eigenvalue weighted by Crippen LogP contribution is -2.25. The summed E-state index contributed by atoms with van der Waals surface area (Å²) in [4.78, 5) is 12.4. The highest BCUT2D eigenvalue weighted by atomic mass is 35.5. The van der Waals surface area contributed by atoms with Gasteiger partial charge in [-0.15, -0.1) is 0 Å². The van der Waals surface area contributed by atoms with Crippen LogP contribution in [0.3, 0.4) is 0 Å². The minimum atomic E-state index is 0.189. The van der Waals surface area contributed by atoms with Gasteiger partial charge in [-0.25, -0.2) is 0 Å². The van der Waals surface area contributed by atoms with E-state index in [-0.39, 0.29) is 5.28 Å². The summed E-state index contributed by atoms with van der Waals surface area (Å²) < 4.78 is 5.42. The molecule has 0 radical (unpaired) electrons. The van der Waals surface area contributed by atoms with Crippen LogP contribution in [0.5, 0.6) is 6.01 Å². The summed E-state index contributed by atoms with van der Waals surface area (Å²) >= 11 is 5.92. The molecule has 0 aromatic carbocycles. The number of nitrogens with zero attached hydrogens (tertiary/aromatic N) is 3. The molecule has 0 spiro atoms. The van der Waals surface area contributed by atoms with Crippen molar-refractivity contribution in [2.75, 3.05) is 11.9 Å². The molecular formula is C13H19ClN4O. The molecule has 5 nitrogen and oxygen atoms in total. The maximum absolute atomic E-state index is 5.92. The average molecular weight is 283 g/mol. The van der Waals surface area contributed by atoms with E-state index in [2.05, 4.69) is 20.3 Å². The second-order valence-corrected chi connectivity index (χ2v) is 5.74. The van der Waals surface area contributed by atoms with Crippen molar-refractivity contribution >= 4 is 17.5 Å². The summed E-state index contributed by atoms with van der Waals surface area (Å²) in [6.45, 7) is 2.63. The molecule has 2 aliphatic rings. The molecule has 1 aromatic rings. The molecule has 2 aliphatic carbocycles. The largest absolute Gasteiger partial charge is 0.463 e. The highest BCUT2D eigenvalue weighted by Crippen LogP contribution is 2.45. The fourth-order valence-electron chi connectivity index (χ4n) is 2.33. The number of hydrogen-bond acceptors (Lipinski definition) is 5. The highest BCUT2D eigenvalue weighted by Gasteiger charge is 2.41. The second kappa shape index (κ2) is 5.49. The molecule has 19 heavy (non-hydrogen) atoms. The van der Waals surface area contributed by atoms with E-state index in [4.69, 9.17) is 16.3 Å². The first-order chi connectivity index (χ1) is 9.26. The van der Waals surface area contributed by atoms with Crippen molar-refractivity contribution in [3.63, 3.8) is 0 Å². The molecule has 1 aromatic heterocycles. The Kier molecular flexibility index (Phi) is 3.73. The molecule has 0 saturated heterocycles. The molecule has 1 N–H and O–H groups in total. The molecule has 2 fully saturated rings. The third-order valence-electron chi connectivity index (χ3n) is 3.58. The summed E-state index contributed by atoms with van der Waals surface area (Å²) in [5, 5.41) is 3.62. The third kappa shape index (κ3) is 3.47. The van der Waals surface area contributed by atoms with E-state index in [1.165, 1.54) is 25.7 Å². The summed E-state index contributed by atoms with van der Waals surface area (Å²) in [5.74, 6) is 2.11. The van der Waals surface area contributed by atoms with E-state index in [1.54, 1.807) is 0 Å². The standard InChI is InChI=1S/C13H19ClN4O/c1-2-7-19-13-17-11(14)16-12(18-13)15-10(8-3-4-8)9-5-6-9/h8-10H,2-7H2,1H3,(H,15,16,17,18). The van der Waals surface area contributed by atoms with Crippen LogP contribution in [0.4, 0.5) is 5.95 Å². The Morgan fingerprint density at radius 3 is 2.47 bits per heavy atom. The van der Waals surface area contributed by atoms with Crippen LogP contribution in [-0.4, -0.2) is 27.6 Å². The van der Waals surface area contributed by atoms with Crippen LogP contribution in [0, 0.1) is 11.8 Å². The minimum absolute atomic E-state index is 0.189. The van der Waals surface area contributed by atoms with Crippen LogP contribution in [0.1, 0.15) is 39.0 Å². The molecule has 0 atom stereocenters. The number of rotatable bonds is 7. The van der Waals surface area contributed by atoms with Gasteiger partial charge in [0.25, 0.3) is 0 Å². The highest BCUT2D eigenvalue weighted by molar-refractivity contribution is 6.28. The van der Waals surface area contributed by atoms with Gasteiger partial charge in [-0.1, -0.05) is 6.92 Å². The van der Waals surface area contributed by atoms with Crippen LogP contribution in [0.2, 0.25) is 5.28 Å². The fourth-order valence-corrected chi connectivity index (χ4v) is 2.49. The number of nitrogens with one attached hydrogen (secondary N) is 1. The molecule has 6 heteroatoms. The zero-order valence-electron chi connectivity index (χ0n) is 11.1. The van der Waals surface area contributed by atoms with E-state index in [1.807, 2.05) is 6.92 Å². The Bertz CT molecular complexity index is 436. The van der Waals surface area contributed by atoms with Crippen LogP contribution >= 0.6 is 11.6 Å². The molecule has 104 valence electrons. The second-order valence-electron chi connectivity index (χ2n) is 5.40. The SMILES string of the molecule is CCCOc1nc(Cl)nc(NC(C2CC2)C2CC2)n1. The number of hydrogen-bond donors (Lipinski definition) is 1. The van der Waals surface area contributed by atoms with Crippen molar-refractivity contribution in [2.45, 2.75) is 45.1 Å². The topological polar surface area (TPSA) is 59.9 Å². The molecule has 0 bridgehead atoms. The van der Waals surface area contributed by atoms with Gasteiger partial charge in [0.2, 0.25) is 11.2 Å². The van der Waals surface area contributed by atoms with Crippen molar-refractivity contribution in [3.05, 3.63) is 5.28 Å². The van der Waals surface area contributed by atoms with Gasteiger partial charge in [-0.2, -0.15) is 15.0 Å². The third-order valence-corrected chi connectivity index (χ3v) is 3.75. The van der Waals surface area contributed by atoms with Gasteiger partial charge in [0, 0.05) is 6.04 Å². The first kappa shape index (κ1) is 12.9. The van der Waals surface area contributed by atoms with Gasteiger partial charge in [-0.05, 0) is 55.5 Å². The van der Waals surface area contributed by atoms with Crippen molar-refractivity contribution < 1.29 is 4.74 Å². The van der Waals surface area contributed by atoms with Crippen LogP contribution < -0.4 is 10.1 Å². The summed E-state index contributed by atoms with van der Waals surface area (Å²) in [6.07, 6.45) is 6.16.